The van der Waals surface area contributed by atoms with Gasteiger partial charge in [0.25, 0.3) is 0 Å². The average Bonchev–Trinajstić information content (AvgIpc) is 3.61. The third kappa shape index (κ3) is 3.84. The summed E-state index contributed by atoms with van der Waals surface area (Å²) in [6.07, 6.45) is 0. The molecule has 0 atom stereocenters. The van der Waals surface area contributed by atoms with Gasteiger partial charge in [0.15, 0.2) is 0 Å². The molecular weight excluding hydrogens is 583 g/mol. The number of hydrogen-bond donors (Lipinski definition) is 0. The molecule has 0 aliphatic heterocycles. The second-order valence-corrected chi connectivity index (χ2v) is 15.6. The molecule has 8 aromatic rings. The summed E-state index contributed by atoms with van der Waals surface area (Å²) in [4.78, 5) is 2.41. The first-order chi connectivity index (χ1) is 21.8. The molecule has 0 spiro atoms. The highest BCUT2D eigenvalue weighted by molar-refractivity contribution is 7.26. The van der Waals surface area contributed by atoms with Crippen LogP contribution in [0.2, 0.25) is 0 Å². The van der Waals surface area contributed by atoms with E-state index in [4.69, 9.17) is 0 Å². The summed E-state index contributed by atoms with van der Waals surface area (Å²) in [5.41, 5.74) is 9.15. The summed E-state index contributed by atoms with van der Waals surface area (Å²) < 4.78 is 5.33. The lowest BCUT2D eigenvalue weighted by atomic mass is 9.55. The molecule has 45 heavy (non-hydrogen) atoms. The fraction of sp³-hybridized carbons (Fsp3) is 0.143. The maximum Gasteiger partial charge on any atom is 0.0468 e. The van der Waals surface area contributed by atoms with Crippen LogP contribution in [0, 0.1) is 0 Å². The maximum absolute atomic E-state index is 2.52. The van der Waals surface area contributed by atoms with Gasteiger partial charge in [-0.25, -0.2) is 0 Å². The number of anilines is 3. The van der Waals surface area contributed by atoms with Crippen LogP contribution in [0.25, 0.3) is 51.5 Å². The van der Waals surface area contributed by atoms with Gasteiger partial charge in [0.2, 0.25) is 0 Å². The first-order valence-electron chi connectivity index (χ1n) is 15.7. The summed E-state index contributed by atoms with van der Waals surface area (Å²) in [5, 5.41) is 5.31. The lowest BCUT2D eigenvalue weighted by molar-refractivity contribution is 0.299. The van der Waals surface area contributed by atoms with Gasteiger partial charge in [-0.1, -0.05) is 88.4 Å². The molecule has 1 nitrogen and oxygen atoms in total. The summed E-state index contributed by atoms with van der Waals surface area (Å²) in [7, 11) is 0. The Kier molecular flexibility index (Phi) is 5.70. The molecule has 0 N–H and O–H groups in total. The van der Waals surface area contributed by atoms with E-state index in [-0.39, 0.29) is 10.8 Å². The molecule has 0 saturated heterocycles. The van der Waals surface area contributed by atoms with E-state index in [9.17, 15) is 0 Å². The number of benzene rings is 6. The van der Waals surface area contributed by atoms with Gasteiger partial charge in [0.05, 0.1) is 0 Å². The lowest BCUT2D eigenvalue weighted by Crippen LogP contribution is -2.43. The van der Waals surface area contributed by atoms with Crippen molar-refractivity contribution >= 4 is 80.1 Å². The minimum absolute atomic E-state index is 0.00976. The fourth-order valence-electron chi connectivity index (χ4n) is 7.50. The Hall–Kier alpha value is -4.44. The topological polar surface area (TPSA) is 3.24 Å². The van der Waals surface area contributed by atoms with Gasteiger partial charge in [-0.2, -0.15) is 0 Å². The van der Waals surface area contributed by atoms with Gasteiger partial charge in [-0.05, 0) is 99.8 Å². The molecular formula is C42H33NS2. The monoisotopic (exact) mass is 615 g/mol. The number of para-hydroxylation sites is 1. The number of thiophene rings is 2. The highest BCUT2D eigenvalue weighted by atomic mass is 32.1. The molecule has 2 aromatic heterocycles. The third-order valence-corrected chi connectivity index (χ3v) is 12.9. The normalized spacial score (nSPS) is 15.0. The quantitative estimate of drug-likeness (QED) is 0.191. The van der Waals surface area contributed by atoms with Crippen LogP contribution < -0.4 is 4.90 Å². The summed E-state index contributed by atoms with van der Waals surface area (Å²) >= 11 is 3.78. The van der Waals surface area contributed by atoms with Gasteiger partial charge in [0, 0.05) is 57.4 Å². The number of fused-ring (bicyclic) bond motifs is 9. The zero-order valence-electron chi connectivity index (χ0n) is 25.9. The molecule has 0 saturated carbocycles. The first-order valence-corrected chi connectivity index (χ1v) is 17.3. The zero-order valence-corrected chi connectivity index (χ0v) is 27.5. The molecule has 0 unspecified atom stereocenters. The molecule has 218 valence electrons. The van der Waals surface area contributed by atoms with E-state index in [0.717, 1.165) is 5.69 Å². The van der Waals surface area contributed by atoms with E-state index in [2.05, 4.69) is 160 Å². The minimum atomic E-state index is -0.0223. The van der Waals surface area contributed by atoms with Crippen molar-refractivity contribution < 1.29 is 0 Å². The third-order valence-electron chi connectivity index (χ3n) is 10.6. The molecule has 0 radical (unpaired) electrons. The van der Waals surface area contributed by atoms with Crippen molar-refractivity contribution in [3.05, 3.63) is 139 Å². The van der Waals surface area contributed by atoms with Crippen LogP contribution in [-0.4, -0.2) is 0 Å². The highest BCUT2D eigenvalue weighted by Gasteiger charge is 2.45. The van der Waals surface area contributed by atoms with E-state index in [0.29, 0.717) is 0 Å². The molecule has 9 rings (SSSR count). The summed E-state index contributed by atoms with van der Waals surface area (Å²) in [5.74, 6) is 0. The predicted octanol–water partition coefficient (Wildman–Crippen LogP) is 13.1. The van der Waals surface area contributed by atoms with Crippen LogP contribution in [0.5, 0.6) is 0 Å². The number of nitrogens with zero attached hydrogens (tertiary/aromatic N) is 1. The molecule has 3 heteroatoms. The smallest absolute Gasteiger partial charge is 0.0468 e. The van der Waals surface area contributed by atoms with Crippen molar-refractivity contribution in [3.8, 4) is 11.1 Å². The Balaban J connectivity index is 1.27. The van der Waals surface area contributed by atoms with Gasteiger partial charge in [-0.3, -0.25) is 0 Å². The van der Waals surface area contributed by atoms with Crippen LogP contribution in [-0.2, 0) is 10.8 Å². The van der Waals surface area contributed by atoms with E-state index in [1.165, 1.54) is 74.0 Å². The van der Waals surface area contributed by atoms with Crippen LogP contribution >= 0.6 is 22.7 Å². The second-order valence-electron chi connectivity index (χ2n) is 13.4. The SMILES string of the molecule is CC1(C)c2ccccc2-c2cc3sc4ccc(N(c5ccccc5)c5ccc6sc7ccccc7c6c5)cc4c3cc2C1(C)C. The van der Waals surface area contributed by atoms with E-state index in [1.807, 2.05) is 22.7 Å². The van der Waals surface area contributed by atoms with Crippen molar-refractivity contribution in [1.82, 2.24) is 0 Å². The predicted molar refractivity (Wildman–Crippen MR) is 198 cm³/mol. The molecule has 1 aliphatic carbocycles. The van der Waals surface area contributed by atoms with Crippen LogP contribution in [0.1, 0.15) is 38.8 Å². The average molecular weight is 616 g/mol. The number of rotatable bonds is 3. The van der Waals surface area contributed by atoms with Crippen molar-refractivity contribution in [2.45, 2.75) is 38.5 Å². The van der Waals surface area contributed by atoms with E-state index < -0.39 is 0 Å². The van der Waals surface area contributed by atoms with Crippen LogP contribution in [0.3, 0.4) is 0 Å². The second kappa shape index (κ2) is 9.53. The molecule has 0 amide bonds. The van der Waals surface area contributed by atoms with Crippen molar-refractivity contribution in [2.75, 3.05) is 4.90 Å². The standard InChI is InChI=1S/C42H33NS2/c1-41(2)35-16-10-8-14-29(35)31-25-40-34(24-36(31)42(41,3)4)33-23-28(19-21-39(33)45-40)43(26-12-6-5-7-13-26)27-18-20-38-32(22-27)30-15-9-11-17-37(30)44-38/h5-25H,1-4H3. The van der Waals surface area contributed by atoms with Crippen molar-refractivity contribution in [1.29, 1.82) is 0 Å². The fourth-order valence-corrected chi connectivity index (χ4v) is 9.70. The Morgan fingerprint density at radius 3 is 1.71 bits per heavy atom. The lowest BCUT2D eigenvalue weighted by Gasteiger charge is -2.48. The van der Waals surface area contributed by atoms with Gasteiger partial charge < -0.3 is 4.90 Å². The molecule has 0 fully saturated rings. The van der Waals surface area contributed by atoms with E-state index in [1.54, 1.807) is 0 Å². The first kappa shape index (κ1) is 26.9. The Morgan fingerprint density at radius 1 is 0.400 bits per heavy atom. The van der Waals surface area contributed by atoms with Crippen molar-refractivity contribution in [3.63, 3.8) is 0 Å². The minimum Gasteiger partial charge on any atom is -0.310 e. The Labute approximate surface area is 272 Å². The highest BCUT2D eigenvalue weighted by Crippen LogP contribution is 2.55. The van der Waals surface area contributed by atoms with Crippen LogP contribution in [0.15, 0.2) is 127 Å². The van der Waals surface area contributed by atoms with Gasteiger partial charge in [0.1, 0.15) is 0 Å². The Bertz CT molecular complexity index is 2440. The Morgan fingerprint density at radius 2 is 0.956 bits per heavy atom. The largest absolute Gasteiger partial charge is 0.310 e. The van der Waals surface area contributed by atoms with E-state index >= 15 is 0 Å². The summed E-state index contributed by atoms with van der Waals surface area (Å²) in [6, 6.07) is 47.5. The van der Waals surface area contributed by atoms with Gasteiger partial charge in [-0.15, -0.1) is 22.7 Å². The zero-order chi connectivity index (χ0) is 30.5. The van der Waals surface area contributed by atoms with Crippen LogP contribution in [0.4, 0.5) is 17.1 Å². The number of hydrogen-bond acceptors (Lipinski definition) is 3. The molecule has 0 bridgehead atoms. The summed E-state index contributed by atoms with van der Waals surface area (Å²) in [6.45, 7) is 9.67. The molecule has 1 aliphatic rings. The van der Waals surface area contributed by atoms with Crippen molar-refractivity contribution in [2.24, 2.45) is 0 Å². The van der Waals surface area contributed by atoms with Gasteiger partial charge >= 0.3 is 0 Å². The molecule has 2 heterocycles. The molecule has 6 aromatic carbocycles. The maximum atomic E-state index is 2.52.